The molecule has 0 unspecified atom stereocenters. The lowest BCUT2D eigenvalue weighted by molar-refractivity contribution is -0.123. The minimum atomic E-state index is -0.427. The van der Waals surface area contributed by atoms with Crippen LogP contribution in [0, 0.1) is 6.92 Å². The van der Waals surface area contributed by atoms with Crippen LogP contribution in [0.15, 0.2) is 27.8 Å². The number of fused-ring (bicyclic) bond motifs is 1. The topological polar surface area (TPSA) is 73.1 Å². The van der Waals surface area contributed by atoms with Crippen molar-refractivity contribution in [1.82, 2.24) is 14.5 Å². The number of nitrogens with zero attached hydrogens (tertiary/aromatic N) is 2. The second kappa shape index (κ2) is 7.25. The molecule has 1 heterocycles. The van der Waals surface area contributed by atoms with Crippen LogP contribution in [0.5, 0.6) is 0 Å². The van der Waals surface area contributed by atoms with Gasteiger partial charge in [-0.25, -0.2) is 4.79 Å². The normalized spacial score (nSPS) is 11.7. The van der Waals surface area contributed by atoms with Gasteiger partial charge in [0.05, 0.1) is 10.9 Å². The number of rotatable bonds is 5. The molecule has 1 amide bonds. The molecular weight excluding hydrogens is 318 g/mol. The molecular formula is C19H27N3O3. The van der Waals surface area contributed by atoms with Gasteiger partial charge >= 0.3 is 5.69 Å². The summed E-state index contributed by atoms with van der Waals surface area (Å²) in [4.78, 5) is 37.9. The molecule has 0 aliphatic carbocycles. The molecule has 0 fully saturated rings. The Labute approximate surface area is 147 Å². The third-order valence-corrected chi connectivity index (χ3v) is 4.00. The van der Waals surface area contributed by atoms with Crippen molar-refractivity contribution < 1.29 is 4.79 Å². The Hall–Kier alpha value is -2.37. The first-order valence-electron chi connectivity index (χ1n) is 8.69. The van der Waals surface area contributed by atoms with E-state index in [4.69, 9.17) is 0 Å². The zero-order chi connectivity index (χ0) is 18.8. The van der Waals surface area contributed by atoms with E-state index in [0.717, 1.165) is 23.0 Å². The van der Waals surface area contributed by atoms with Crippen LogP contribution in [0.1, 0.15) is 46.1 Å². The Morgan fingerprint density at radius 3 is 2.44 bits per heavy atom. The van der Waals surface area contributed by atoms with Gasteiger partial charge in [0.2, 0.25) is 5.91 Å². The highest BCUT2D eigenvalue weighted by molar-refractivity contribution is 5.82. The number of unbranched alkanes of at least 4 members (excludes halogenated alkanes) is 1. The van der Waals surface area contributed by atoms with Gasteiger partial charge in [-0.3, -0.25) is 18.7 Å². The van der Waals surface area contributed by atoms with Crippen molar-refractivity contribution in [1.29, 1.82) is 0 Å². The largest absolute Gasteiger partial charge is 0.350 e. The van der Waals surface area contributed by atoms with Crippen LogP contribution < -0.4 is 16.6 Å². The fraction of sp³-hybridized carbons (Fsp3) is 0.526. The summed E-state index contributed by atoms with van der Waals surface area (Å²) in [6.07, 6.45) is 1.76. The maximum atomic E-state index is 12.9. The van der Waals surface area contributed by atoms with Crippen molar-refractivity contribution in [3.63, 3.8) is 0 Å². The minimum Gasteiger partial charge on any atom is -0.350 e. The molecule has 1 N–H and O–H groups in total. The highest BCUT2D eigenvalue weighted by Crippen LogP contribution is 2.14. The lowest BCUT2D eigenvalue weighted by Gasteiger charge is -2.21. The van der Waals surface area contributed by atoms with E-state index in [2.05, 4.69) is 5.32 Å². The van der Waals surface area contributed by atoms with Crippen molar-refractivity contribution in [2.45, 2.75) is 66.1 Å². The average molecular weight is 345 g/mol. The molecule has 2 aromatic rings. The summed E-state index contributed by atoms with van der Waals surface area (Å²) in [5.74, 6) is -0.347. The third-order valence-electron chi connectivity index (χ3n) is 4.00. The summed E-state index contributed by atoms with van der Waals surface area (Å²) < 4.78 is 2.67. The van der Waals surface area contributed by atoms with Crippen LogP contribution in [0.3, 0.4) is 0 Å². The lowest BCUT2D eigenvalue weighted by atomic mass is 10.1. The molecule has 0 saturated heterocycles. The molecule has 2 rings (SSSR count). The average Bonchev–Trinajstić information content (AvgIpc) is 2.50. The Morgan fingerprint density at radius 1 is 1.16 bits per heavy atom. The highest BCUT2D eigenvalue weighted by atomic mass is 16.2. The van der Waals surface area contributed by atoms with Crippen LogP contribution in [-0.2, 0) is 17.9 Å². The van der Waals surface area contributed by atoms with Crippen molar-refractivity contribution in [2.24, 2.45) is 0 Å². The Bertz CT molecular complexity index is 901. The number of aromatic nitrogens is 2. The van der Waals surface area contributed by atoms with Gasteiger partial charge in [-0.15, -0.1) is 0 Å². The van der Waals surface area contributed by atoms with Gasteiger partial charge in [-0.1, -0.05) is 25.5 Å². The van der Waals surface area contributed by atoms with Gasteiger partial charge in [0.25, 0.3) is 5.56 Å². The van der Waals surface area contributed by atoms with Crippen LogP contribution in [0.4, 0.5) is 0 Å². The van der Waals surface area contributed by atoms with E-state index >= 15 is 0 Å². The van der Waals surface area contributed by atoms with E-state index in [1.807, 2.05) is 40.7 Å². The second-order valence-electron chi connectivity index (χ2n) is 7.45. The Morgan fingerprint density at radius 2 is 1.84 bits per heavy atom. The van der Waals surface area contributed by atoms with Gasteiger partial charge < -0.3 is 5.32 Å². The first-order valence-corrected chi connectivity index (χ1v) is 8.69. The van der Waals surface area contributed by atoms with E-state index in [-0.39, 0.29) is 12.5 Å². The number of aryl methyl sites for hydroxylation is 2. The van der Waals surface area contributed by atoms with Crippen molar-refractivity contribution >= 4 is 16.8 Å². The molecule has 6 heteroatoms. The van der Waals surface area contributed by atoms with Gasteiger partial charge in [0, 0.05) is 12.1 Å². The molecule has 0 saturated carbocycles. The minimum absolute atomic E-state index is 0.273. The molecule has 25 heavy (non-hydrogen) atoms. The van der Waals surface area contributed by atoms with E-state index in [1.54, 1.807) is 16.7 Å². The van der Waals surface area contributed by atoms with Gasteiger partial charge in [0.1, 0.15) is 6.54 Å². The number of nitrogens with one attached hydrogen (secondary N) is 1. The van der Waals surface area contributed by atoms with Crippen molar-refractivity contribution in [3.05, 3.63) is 44.6 Å². The van der Waals surface area contributed by atoms with Crippen LogP contribution in [-0.4, -0.2) is 20.6 Å². The number of amides is 1. The Balaban J connectivity index is 2.63. The van der Waals surface area contributed by atoms with E-state index in [9.17, 15) is 14.4 Å². The van der Waals surface area contributed by atoms with E-state index in [1.165, 1.54) is 0 Å². The molecule has 1 aromatic carbocycles. The SMILES string of the molecule is CCCCn1c(=O)n(CC(=O)NC(C)(C)C)c(=O)c2cccc(C)c21. The maximum absolute atomic E-state index is 12.9. The number of carbonyl (C=O) groups is 1. The summed E-state index contributed by atoms with van der Waals surface area (Å²) >= 11 is 0. The number of carbonyl (C=O) groups excluding carboxylic acids is 1. The predicted molar refractivity (Wildman–Crippen MR) is 100 cm³/mol. The number of hydrogen-bond acceptors (Lipinski definition) is 3. The monoisotopic (exact) mass is 345 g/mol. The van der Waals surface area contributed by atoms with E-state index < -0.39 is 16.8 Å². The molecule has 0 aliphatic heterocycles. The fourth-order valence-corrected chi connectivity index (χ4v) is 2.93. The summed E-state index contributed by atoms with van der Waals surface area (Å²) in [6.45, 7) is 9.76. The highest BCUT2D eigenvalue weighted by Gasteiger charge is 2.19. The quantitative estimate of drug-likeness (QED) is 0.903. The summed E-state index contributed by atoms with van der Waals surface area (Å²) in [6, 6.07) is 5.40. The standard InChI is InChI=1S/C19H27N3O3/c1-6-7-11-21-16-13(2)9-8-10-14(16)17(24)22(18(21)25)12-15(23)20-19(3,4)5/h8-10H,6-7,11-12H2,1-5H3,(H,20,23). The number of benzene rings is 1. The van der Waals surface area contributed by atoms with Crippen LogP contribution >= 0.6 is 0 Å². The van der Waals surface area contributed by atoms with Crippen molar-refractivity contribution in [2.75, 3.05) is 0 Å². The third kappa shape index (κ3) is 4.18. The molecule has 0 spiro atoms. The van der Waals surface area contributed by atoms with Gasteiger partial charge in [0.15, 0.2) is 0 Å². The smallest absolute Gasteiger partial charge is 0.331 e. The number of para-hydroxylation sites is 1. The predicted octanol–water partition coefficient (Wildman–Crippen LogP) is 2.19. The summed E-state index contributed by atoms with van der Waals surface area (Å²) in [5.41, 5.74) is 0.285. The Kier molecular flexibility index (Phi) is 5.50. The van der Waals surface area contributed by atoms with Crippen LogP contribution in [0.2, 0.25) is 0 Å². The molecule has 0 radical (unpaired) electrons. The maximum Gasteiger partial charge on any atom is 0.331 e. The first kappa shape index (κ1) is 19.0. The summed E-state index contributed by atoms with van der Waals surface area (Å²) in [5, 5.41) is 3.27. The van der Waals surface area contributed by atoms with Gasteiger partial charge in [-0.2, -0.15) is 0 Å². The molecule has 6 nitrogen and oxygen atoms in total. The molecule has 1 aromatic heterocycles. The summed E-state index contributed by atoms with van der Waals surface area (Å²) in [7, 11) is 0. The zero-order valence-corrected chi connectivity index (χ0v) is 15.7. The molecule has 0 atom stereocenters. The van der Waals surface area contributed by atoms with E-state index in [0.29, 0.717) is 17.4 Å². The van der Waals surface area contributed by atoms with Gasteiger partial charge in [-0.05, 0) is 45.7 Å². The fourth-order valence-electron chi connectivity index (χ4n) is 2.93. The first-order chi connectivity index (χ1) is 11.7. The zero-order valence-electron chi connectivity index (χ0n) is 15.7. The second-order valence-corrected chi connectivity index (χ2v) is 7.45. The lowest BCUT2D eigenvalue weighted by Crippen LogP contribution is -2.47. The molecule has 0 bridgehead atoms. The number of hydrogen-bond donors (Lipinski definition) is 1. The van der Waals surface area contributed by atoms with Crippen LogP contribution in [0.25, 0.3) is 10.9 Å². The molecule has 136 valence electrons. The molecule has 0 aliphatic rings. The van der Waals surface area contributed by atoms with Crippen molar-refractivity contribution in [3.8, 4) is 0 Å².